The van der Waals surface area contributed by atoms with Crippen LogP contribution < -0.4 is 0 Å². The smallest absolute Gasteiger partial charge is 0.410 e. The molecule has 21 heavy (non-hydrogen) atoms. The Balaban J connectivity index is 2.09. The lowest BCUT2D eigenvalue weighted by Crippen LogP contribution is -2.52. The van der Waals surface area contributed by atoms with Gasteiger partial charge in [0.2, 0.25) is 0 Å². The third-order valence-electron chi connectivity index (χ3n) is 4.24. The maximum atomic E-state index is 12.4. The molecule has 0 saturated carbocycles. The minimum absolute atomic E-state index is 0.0248. The monoisotopic (exact) mass is 353 g/mol. The fourth-order valence-corrected chi connectivity index (χ4v) is 3.29. The van der Waals surface area contributed by atoms with Gasteiger partial charge in [-0.1, -0.05) is 60.1 Å². The summed E-state index contributed by atoms with van der Waals surface area (Å²) in [5.74, 6) is 0.0611. The summed E-state index contributed by atoms with van der Waals surface area (Å²) in [6.45, 7) is 6.26. The van der Waals surface area contributed by atoms with Gasteiger partial charge in [0.15, 0.2) is 5.78 Å². The van der Waals surface area contributed by atoms with Crippen LogP contribution in [0.25, 0.3) is 0 Å². The molecule has 0 radical (unpaired) electrons. The number of ketones is 1. The number of halogens is 1. The van der Waals surface area contributed by atoms with Crippen molar-refractivity contribution in [3.63, 3.8) is 0 Å². The van der Waals surface area contributed by atoms with Crippen molar-refractivity contribution in [2.45, 2.75) is 37.7 Å². The molecule has 114 valence electrons. The van der Waals surface area contributed by atoms with Crippen LogP contribution in [0.3, 0.4) is 0 Å². The predicted octanol–water partition coefficient (Wildman–Crippen LogP) is 3.39. The van der Waals surface area contributed by atoms with Gasteiger partial charge < -0.3 is 4.74 Å². The molecule has 0 aliphatic carbocycles. The fourth-order valence-electron chi connectivity index (χ4n) is 2.54. The highest BCUT2D eigenvalue weighted by molar-refractivity contribution is 9.10. The molecule has 1 aliphatic heterocycles. The Morgan fingerprint density at radius 3 is 2.62 bits per heavy atom. The minimum Gasteiger partial charge on any atom is -0.445 e. The van der Waals surface area contributed by atoms with Crippen LogP contribution in [-0.2, 0) is 16.1 Å². The first kappa shape index (κ1) is 16.0. The van der Waals surface area contributed by atoms with Gasteiger partial charge in [0.25, 0.3) is 0 Å². The molecule has 1 aliphatic rings. The SMILES string of the molecule is CC(C)[C@@]1(C)C(=O)C(Br)CN1C(=O)OCc1ccccc1. The highest BCUT2D eigenvalue weighted by atomic mass is 79.9. The molecule has 1 unspecified atom stereocenters. The van der Waals surface area contributed by atoms with E-state index < -0.39 is 11.6 Å². The van der Waals surface area contributed by atoms with E-state index >= 15 is 0 Å². The molecule has 2 rings (SSSR count). The number of alkyl halides is 1. The zero-order valence-corrected chi connectivity index (χ0v) is 14.1. The van der Waals surface area contributed by atoms with Crippen molar-refractivity contribution in [3.8, 4) is 0 Å². The first-order chi connectivity index (χ1) is 9.87. The maximum Gasteiger partial charge on any atom is 0.410 e. The molecular weight excluding hydrogens is 334 g/mol. The standard InChI is InChI=1S/C16H20BrNO3/c1-11(2)16(3)14(19)13(17)9-18(16)15(20)21-10-12-7-5-4-6-8-12/h4-8,11,13H,9-10H2,1-3H3/t13?,16-/m0/s1. The number of hydrogen-bond donors (Lipinski definition) is 0. The summed E-state index contributed by atoms with van der Waals surface area (Å²) < 4.78 is 5.37. The summed E-state index contributed by atoms with van der Waals surface area (Å²) >= 11 is 3.35. The van der Waals surface area contributed by atoms with Gasteiger partial charge in [0.05, 0.1) is 4.83 Å². The van der Waals surface area contributed by atoms with Gasteiger partial charge >= 0.3 is 6.09 Å². The Morgan fingerprint density at radius 1 is 1.43 bits per heavy atom. The van der Waals surface area contributed by atoms with Crippen molar-refractivity contribution in [2.75, 3.05) is 6.54 Å². The number of hydrogen-bond acceptors (Lipinski definition) is 3. The minimum atomic E-state index is -0.818. The van der Waals surface area contributed by atoms with Crippen LogP contribution in [0.4, 0.5) is 4.79 Å². The molecule has 0 bridgehead atoms. The lowest BCUT2D eigenvalue weighted by atomic mass is 9.85. The molecule has 2 atom stereocenters. The number of Topliss-reactive ketones (excluding diaryl/α,β-unsaturated/α-hetero) is 1. The van der Waals surface area contributed by atoms with E-state index in [-0.39, 0.29) is 23.1 Å². The van der Waals surface area contributed by atoms with Crippen LogP contribution in [0, 0.1) is 5.92 Å². The molecule has 5 heteroatoms. The zero-order valence-electron chi connectivity index (χ0n) is 12.5. The van der Waals surface area contributed by atoms with Gasteiger partial charge in [-0.2, -0.15) is 0 Å². The second-order valence-corrected chi connectivity index (χ2v) is 6.89. The second-order valence-electron chi connectivity index (χ2n) is 5.78. The summed E-state index contributed by atoms with van der Waals surface area (Å²) in [5.41, 5.74) is 0.111. The quantitative estimate of drug-likeness (QED) is 0.782. The molecule has 0 N–H and O–H groups in total. The van der Waals surface area contributed by atoms with Gasteiger partial charge in [-0.05, 0) is 18.4 Å². The molecule has 1 aromatic rings. The van der Waals surface area contributed by atoms with Gasteiger partial charge in [0.1, 0.15) is 12.1 Å². The fraction of sp³-hybridized carbons (Fsp3) is 0.500. The van der Waals surface area contributed by atoms with Crippen molar-refractivity contribution in [2.24, 2.45) is 5.92 Å². The highest BCUT2D eigenvalue weighted by Crippen LogP contribution is 2.36. The molecule has 1 amide bonds. The van der Waals surface area contributed by atoms with E-state index in [1.54, 1.807) is 4.90 Å². The number of carbonyl (C=O) groups excluding carboxylic acids is 2. The molecule has 0 spiro atoms. The summed E-state index contributed by atoms with van der Waals surface area (Å²) in [6, 6.07) is 9.51. The Bertz CT molecular complexity index is 532. The van der Waals surface area contributed by atoms with E-state index in [2.05, 4.69) is 15.9 Å². The van der Waals surface area contributed by atoms with E-state index in [0.29, 0.717) is 6.54 Å². The van der Waals surface area contributed by atoms with Crippen LogP contribution in [0.5, 0.6) is 0 Å². The summed E-state index contributed by atoms with van der Waals surface area (Å²) in [6.07, 6.45) is -0.439. The lowest BCUT2D eigenvalue weighted by Gasteiger charge is -2.36. The highest BCUT2D eigenvalue weighted by Gasteiger charge is 2.53. The molecule has 1 saturated heterocycles. The van der Waals surface area contributed by atoms with E-state index in [1.807, 2.05) is 51.1 Å². The van der Waals surface area contributed by atoms with Crippen molar-refractivity contribution in [1.82, 2.24) is 4.90 Å². The van der Waals surface area contributed by atoms with Gasteiger partial charge in [-0.3, -0.25) is 9.69 Å². The lowest BCUT2D eigenvalue weighted by molar-refractivity contribution is -0.125. The Kier molecular flexibility index (Phi) is 4.71. The number of likely N-dealkylation sites (tertiary alicyclic amines) is 1. The van der Waals surface area contributed by atoms with E-state index in [1.165, 1.54) is 0 Å². The van der Waals surface area contributed by atoms with Crippen molar-refractivity contribution >= 4 is 27.8 Å². The third-order valence-corrected chi connectivity index (χ3v) is 4.94. The van der Waals surface area contributed by atoms with E-state index in [4.69, 9.17) is 4.74 Å². The predicted molar refractivity (Wildman–Crippen MR) is 84.3 cm³/mol. The first-order valence-corrected chi connectivity index (χ1v) is 7.95. The number of rotatable bonds is 3. The Morgan fingerprint density at radius 2 is 2.05 bits per heavy atom. The van der Waals surface area contributed by atoms with Crippen LogP contribution in [0.1, 0.15) is 26.3 Å². The maximum absolute atomic E-state index is 12.4. The Labute approximate surface area is 133 Å². The zero-order chi connectivity index (χ0) is 15.6. The van der Waals surface area contributed by atoms with Crippen LogP contribution in [0.2, 0.25) is 0 Å². The summed E-state index contributed by atoms with van der Waals surface area (Å²) in [7, 11) is 0. The molecular formula is C16H20BrNO3. The number of benzene rings is 1. The van der Waals surface area contributed by atoms with Gasteiger partial charge in [-0.25, -0.2) is 4.79 Å². The second kappa shape index (κ2) is 6.18. The normalized spacial score (nSPS) is 25.5. The van der Waals surface area contributed by atoms with E-state index in [9.17, 15) is 9.59 Å². The Hall–Kier alpha value is -1.36. The largest absolute Gasteiger partial charge is 0.445 e. The van der Waals surface area contributed by atoms with Crippen molar-refractivity contribution in [1.29, 1.82) is 0 Å². The van der Waals surface area contributed by atoms with Crippen LogP contribution >= 0.6 is 15.9 Å². The topological polar surface area (TPSA) is 46.6 Å². The molecule has 1 fully saturated rings. The third kappa shape index (κ3) is 2.98. The van der Waals surface area contributed by atoms with Gasteiger partial charge in [-0.15, -0.1) is 0 Å². The van der Waals surface area contributed by atoms with Gasteiger partial charge in [0, 0.05) is 6.54 Å². The molecule has 0 aromatic heterocycles. The average molecular weight is 354 g/mol. The number of carbonyl (C=O) groups is 2. The first-order valence-electron chi connectivity index (χ1n) is 7.04. The number of amides is 1. The summed E-state index contributed by atoms with van der Waals surface area (Å²) in [5, 5.41) is 0. The van der Waals surface area contributed by atoms with Crippen LogP contribution in [-0.4, -0.2) is 33.7 Å². The molecule has 4 nitrogen and oxygen atoms in total. The van der Waals surface area contributed by atoms with Crippen LogP contribution in [0.15, 0.2) is 30.3 Å². The average Bonchev–Trinajstić information content (AvgIpc) is 2.71. The number of nitrogens with zero attached hydrogens (tertiary/aromatic N) is 1. The van der Waals surface area contributed by atoms with Crippen molar-refractivity contribution in [3.05, 3.63) is 35.9 Å². The van der Waals surface area contributed by atoms with Crippen molar-refractivity contribution < 1.29 is 14.3 Å². The molecule has 1 aromatic carbocycles. The van der Waals surface area contributed by atoms with E-state index in [0.717, 1.165) is 5.56 Å². The number of ether oxygens (including phenoxy) is 1. The summed E-state index contributed by atoms with van der Waals surface area (Å²) in [4.78, 5) is 25.9. The molecule has 1 heterocycles.